The Labute approximate surface area is 211 Å². The van der Waals surface area contributed by atoms with E-state index in [0.29, 0.717) is 39.7 Å². The minimum atomic E-state index is -0.802. The summed E-state index contributed by atoms with van der Waals surface area (Å²) >= 11 is 7.16. The van der Waals surface area contributed by atoms with Gasteiger partial charge in [0.25, 0.3) is 5.91 Å². The number of aliphatic hydroxyl groups excluding tert-OH is 2. The molecule has 35 heavy (non-hydrogen) atoms. The molecule has 1 unspecified atom stereocenters. The highest BCUT2D eigenvalue weighted by Crippen LogP contribution is 2.31. The number of aryl methyl sites for hydroxylation is 1. The van der Waals surface area contributed by atoms with Crippen LogP contribution in [0, 0.1) is 0 Å². The molecule has 3 heterocycles. The number of carbonyl (C=O) groups is 1. The number of hydrogen-bond donors (Lipinski definition) is 3. The van der Waals surface area contributed by atoms with E-state index in [-0.39, 0.29) is 24.1 Å². The van der Waals surface area contributed by atoms with Gasteiger partial charge in [-0.3, -0.25) is 14.5 Å². The summed E-state index contributed by atoms with van der Waals surface area (Å²) in [7, 11) is 3.59. The van der Waals surface area contributed by atoms with Gasteiger partial charge < -0.3 is 24.5 Å². The van der Waals surface area contributed by atoms with Crippen molar-refractivity contribution in [3.63, 3.8) is 0 Å². The van der Waals surface area contributed by atoms with E-state index in [1.54, 1.807) is 35.9 Å². The molecule has 0 spiro atoms. The molecule has 0 saturated carbocycles. The molecule has 0 radical (unpaired) electrons. The third-order valence-electron chi connectivity index (χ3n) is 5.73. The summed E-state index contributed by atoms with van der Waals surface area (Å²) in [5.74, 6) is -0.000270. The third-order valence-corrected chi connectivity index (χ3v) is 7.18. The molecule has 4 aromatic rings. The lowest BCUT2D eigenvalue weighted by atomic mass is 10.1. The summed E-state index contributed by atoms with van der Waals surface area (Å²) in [4.78, 5) is 28.8. The maximum absolute atomic E-state index is 13.2. The second-order valence-electron chi connectivity index (χ2n) is 8.36. The van der Waals surface area contributed by atoms with Crippen molar-refractivity contribution in [2.24, 2.45) is 7.05 Å². The van der Waals surface area contributed by atoms with Gasteiger partial charge >= 0.3 is 0 Å². The molecule has 0 aliphatic carbocycles. The molecule has 4 rings (SSSR count). The Hall–Kier alpha value is -2.95. The van der Waals surface area contributed by atoms with Crippen LogP contribution in [0.15, 0.2) is 58.1 Å². The zero-order valence-electron chi connectivity index (χ0n) is 19.3. The van der Waals surface area contributed by atoms with Gasteiger partial charge in [0.05, 0.1) is 23.1 Å². The van der Waals surface area contributed by atoms with E-state index in [0.717, 1.165) is 10.4 Å². The monoisotopic (exact) mass is 515 g/mol. The molecular weight excluding hydrogens is 490 g/mol. The zero-order chi connectivity index (χ0) is 25.1. The zero-order valence-corrected chi connectivity index (χ0v) is 20.9. The van der Waals surface area contributed by atoms with E-state index < -0.39 is 12.0 Å². The number of halogens is 1. The number of nitrogens with zero attached hydrogens (tertiary/aromatic N) is 2. The maximum Gasteiger partial charge on any atom is 0.257 e. The number of pyridine rings is 1. The summed E-state index contributed by atoms with van der Waals surface area (Å²) in [5, 5.41) is 23.9. The van der Waals surface area contributed by atoms with Crippen LogP contribution in [0.4, 0.5) is 0 Å². The van der Waals surface area contributed by atoms with Crippen LogP contribution in [-0.2, 0) is 26.7 Å². The van der Waals surface area contributed by atoms with E-state index in [1.165, 1.54) is 23.8 Å². The summed E-state index contributed by atoms with van der Waals surface area (Å²) in [6, 6.07) is 10.5. The third kappa shape index (κ3) is 5.50. The molecule has 0 saturated heterocycles. The molecule has 1 atom stereocenters. The minimum Gasteiger partial charge on any atom is -0.467 e. The number of hydrogen-bond acceptors (Lipinski definition) is 7. The topological polar surface area (TPSA) is 108 Å². The van der Waals surface area contributed by atoms with Crippen molar-refractivity contribution in [1.29, 1.82) is 0 Å². The van der Waals surface area contributed by atoms with Crippen LogP contribution in [0.1, 0.15) is 38.2 Å². The molecule has 3 N–H and O–H groups in total. The Morgan fingerprint density at radius 1 is 1.29 bits per heavy atom. The Morgan fingerprint density at radius 3 is 2.69 bits per heavy atom. The number of aromatic nitrogens is 1. The predicted molar refractivity (Wildman–Crippen MR) is 136 cm³/mol. The SMILES string of the molecule is CN(Cc1sc2c(=O)c(C(=O)NCc3ccc(Cl)cc3)cn(C)c2c1CO)CC(O)c1ccco1. The molecule has 8 nitrogen and oxygen atoms in total. The van der Waals surface area contributed by atoms with Gasteiger partial charge in [-0.05, 0) is 36.9 Å². The molecule has 0 aliphatic heterocycles. The van der Waals surface area contributed by atoms with Gasteiger partial charge in [0, 0.05) is 48.3 Å². The molecular formula is C25H26ClN3O5S. The van der Waals surface area contributed by atoms with E-state index in [2.05, 4.69) is 5.32 Å². The van der Waals surface area contributed by atoms with Gasteiger partial charge in [-0.1, -0.05) is 23.7 Å². The summed E-state index contributed by atoms with van der Waals surface area (Å²) in [6.07, 6.45) is 2.21. The molecule has 10 heteroatoms. The number of fused-ring (bicyclic) bond motifs is 1. The van der Waals surface area contributed by atoms with E-state index >= 15 is 0 Å². The first-order valence-electron chi connectivity index (χ1n) is 11.0. The van der Waals surface area contributed by atoms with E-state index in [4.69, 9.17) is 16.0 Å². The first kappa shape index (κ1) is 25.2. The quantitative estimate of drug-likeness (QED) is 0.315. The average molecular weight is 516 g/mol. The summed E-state index contributed by atoms with van der Waals surface area (Å²) < 4.78 is 7.37. The van der Waals surface area contributed by atoms with Crippen LogP contribution in [-0.4, -0.2) is 39.2 Å². The fourth-order valence-electron chi connectivity index (χ4n) is 3.98. The second kappa shape index (κ2) is 10.8. The molecule has 184 valence electrons. The molecule has 0 bridgehead atoms. The Kier molecular flexibility index (Phi) is 7.73. The number of furan rings is 1. The van der Waals surface area contributed by atoms with Crippen LogP contribution in [0.25, 0.3) is 10.2 Å². The van der Waals surface area contributed by atoms with Gasteiger partial charge in [0.2, 0.25) is 5.43 Å². The molecule has 1 amide bonds. The smallest absolute Gasteiger partial charge is 0.257 e. The van der Waals surface area contributed by atoms with Gasteiger partial charge in [0.15, 0.2) is 0 Å². The van der Waals surface area contributed by atoms with E-state index in [1.807, 2.05) is 24.1 Å². The van der Waals surface area contributed by atoms with Gasteiger partial charge in [-0.2, -0.15) is 0 Å². The number of amides is 1. The molecule has 1 aromatic carbocycles. The molecule has 0 fully saturated rings. The van der Waals surface area contributed by atoms with Crippen molar-refractivity contribution in [2.75, 3.05) is 13.6 Å². The lowest BCUT2D eigenvalue weighted by molar-refractivity contribution is 0.0949. The van der Waals surface area contributed by atoms with Crippen LogP contribution >= 0.6 is 22.9 Å². The fourth-order valence-corrected chi connectivity index (χ4v) is 5.48. The van der Waals surface area contributed by atoms with Crippen LogP contribution in [0.5, 0.6) is 0 Å². The van der Waals surface area contributed by atoms with Crippen molar-refractivity contribution in [2.45, 2.75) is 25.8 Å². The summed E-state index contributed by atoms with van der Waals surface area (Å²) in [6.45, 7) is 0.725. The van der Waals surface area contributed by atoms with Gasteiger partial charge in [0.1, 0.15) is 17.4 Å². The highest BCUT2D eigenvalue weighted by molar-refractivity contribution is 7.19. The summed E-state index contributed by atoms with van der Waals surface area (Å²) in [5.41, 5.74) is 1.76. The Morgan fingerprint density at radius 2 is 2.03 bits per heavy atom. The molecule has 0 aliphatic rings. The standard InChI is InChI=1S/C25H26ClN3O5S/c1-28(12-19(31)20-4-3-9-34-20)13-21-18(14-30)22-24(35-21)23(32)17(11-29(22)2)25(33)27-10-15-5-7-16(26)8-6-15/h3-9,11,19,30-31H,10,12-14H2,1-2H3,(H,27,33). The average Bonchev–Trinajstić information content (AvgIpc) is 3.49. The molecule has 3 aromatic heterocycles. The highest BCUT2D eigenvalue weighted by atomic mass is 35.5. The second-order valence-corrected chi connectivity index (χ2v) is 9.90. The number of rotatable bonds is 9. The number of nitrogens with one attached hydrogen (secondary N) is 1. The van der Waals surface area contributed by atoms with Gasteiger partial charge in [-0.15, -0.1) is 11.3 Å². The van der Waals surface area contributed by atoms with Crippen molar-refractivity contribution in [1.82, 2.24) is 14.8 Å². The van der Waals surface area contributed by atoms with Crippen molar-refractivity contribution in [3.8, 4) is 0 Å². The van der Waals surface area contributed by atoms with E-state index in [9.17, 15) is 19.8 Å². The van der Waals surface area contributed by atoms with Gasteiger partial charge in [-0.25, -0.2) is 0 Å². The Bertz CT molecular complexity index is 1380. The lowest BCUT2D eigenvalue weighted by Crippen LogP contribution is -2.29. The van der Waals surface area contributed by atoms with Crippen LogP contribution in [0.3, 0.4) is 0 Å². The Balaban J connectivity index is 1.57. The number of thiophene rings is 1. The number of carbonyl (C=O) groups excluding carboxylic acids is 1. The lowest BCUT2D eigenvalue weighted by Gasteiger charge is -2.19. The first-order valence-corrected chi connectivity index (χ1v) is 12.1. The largest absolute Gasteiger partial charge is 0.467 e. The highest BCUT2D eigenvalue weighted by Gasteiger charge is 2.22. The maximum atomic E-state index is 13.2. The normalized spacial score (nSPS) is 12.4. The van der Waals surface area contributed by atoms with Crippen molar-refractivity contribution >= 4 is 39.1 Å². The van der Waals surface area contributed by atoms with Crippen LogP contribution in [0.2, 0.25) is 5.02 Å². The number of benzene rings is 1. The fraction of sp³-hybridized carbons (Fsp3) is 0.280. The van der Waals surface area contributed by atoms with Crippen LogP contribution < -0.4 is 10.7 Å². The number of aliphatic hydroxyl groups is 2. The van der Waals surface area contributed by atoms with Crippen molar-refractivity contribution < 1.29 is 19.4 Å². The first-order chi connectivity index (χ1) is 16.8. The predicted octanol–water partition coefficient (Wildman–Crippen LogP) is 3.43. The minimum absolute atomic E-state index is 0.0350. The number of likely N-dealkylation sites (N-methyl/N-ethyl adjacent to an activating group) is 1. The van der Waals surface area contributed by atoms with Crippen molar-refractivity contribution in [3.05, 3.63) is 91.4 Å².